The van der Waals surface area contributed by atoms with Gasteiger partial charge in [-0.15, -0.1) is 0 Å². The average molecular weight is 187 g/mol. The first-order valence-corrected chi connectivity index (χ1v) is 4.18. The van der Waals surface area contributed by atoms with Crippen LogP contribution in [0.15, 0.2) is 0 Å². The number of carbonyl (C=O) groups excluding carboxylic acids is 1. The summed E-state index contributed by atoms with van der Waals surface area (Å²) in [6.45, 7) is 0.489. The van der Waals surface area contributed by atoms with E-state index < -0.39 is 12.0 Å². The first-order chi connectivity index (χ1) is 6.16. The zero-order valence-electron chi connectivity index (χ0n) is 7.52. The highest BCUT2D eigenvalue weighted by Gasteiger charge is 2.33. The lowest BCUT2D eigenvalue weighted by atomic mass is 10.2. The maximum absolute atomic E-state index is 11.3. The Hall–Kier alpha value is -1.10. The molecular formula is C8H13NO4. The van der Waals surface area contributed by atoms with E-state index in [1.807, 2.05) is 0 Å². The minimum atomic E-state index is -0.929. The molecule has 0 aliphatic carbocycles. The molecule has 0 spiro atoms. The number of carboxylic acid groups (broad SMARTS) is 1. The lowest BCUT2D eigenvalue weighted by Crippen LogP contribution is -2.42. The number of hydrogen-bond donors (Lipinski definition) is 1. The molecule has 0 unspecified atom stereocenters. The van der Waals surface area contributed by atoms with Crippen LogP contribution in [0.5, 0.6) is 0 Å². The fraction of sp³-hybridized carbons (Fsp3) is 0.750. The number of ether oxygens (including phenoxy) is 1. The number of likely N-dealkylation sites (tertiary alicyclic amines) is 1. The van der Waals surface area contributed by atoms with Gasteiger partial charge < -0.3 is 14.7 Å². The molecule has 1 aliphatic rings. The van der Waals surface area contributed by atoms with Crippen molar-refractivity contribution in [3.05, 3.63) is 0 Å². The van der Waals surface area contributed by atoms with Crippen molar-refractivity contribution in [2.45, 2.75) is 18.9 Å². The molecule has 1 heterocycles. The molecule has 1 fully saturated rings. The fourth-order valence-electron chi connectivity index (χ4n) is 1.53. The zero-order valence-corrected chi connectivity index (χ0v) is 7.52. The van der Waals surface area contributed by atoms with Crippen molar-refractivity contribution < 1.29 is 19.4 Å². The second kappa shape index (κ2) is 4.23. The van der Waals surface area contributed by atoms with Crippen LogP contribution in [-0.4, -0.2) is 48.2 Å². The largest absolute Gasteiger partial charge is 0.480 e. The van der Waals surface area contributed by atoms with Crippen LogP contribution in [0.3, 0.4) is 0 Å². The quantitative estimate of drug-likeness (QED) is 0.659. The van der Waals surface area contributed by atoms with E-state index >= 15 is 0 Å². The van der Waals surface area contributed by atoms with E-state index in [9.17, 15) is 9.59 Å². The third-order valence-electron chi connectivity index (χ3n) is 2.13. The average Bonchev–Trinajstić information content (AvgIpc) is 2.52. The number of rotatable bonds is 3. The van der Waals surface area contributed by atoms with Crippen molar-refractivity contribution in [3.8, 4) is 0 Å². The molecule has 5 heteroatoms. The smallest absolute Gasteiger partial charge is 0.326 e. The number of carbonyl (C=O) groups is 2. The molecule has 1 atom stereocenters. The SMILES string of the molecule is COCC(=O)N1CCC[C@@H]1C(=O)O. The monoisotopic (exact) mass is 187 g/mol. The molecule has 0 aromatic carbocycles. The highest BCUT2D eigenvalue weighted by Crippen LogP contribution is 2.17. The zero-order chi connectivity index (χ0) is 9.84. The molecule has 74 valence electrons. The van der Waals surface area contributed by atoms with Gasteiger partial charge in [-0.1, -0.05) is 0 Å². The highest BCUT2D eigenvalue weighted by atomic mass is 16.5. The topological polar surface area (TPSA) is 66.8 Å². The van der Waals surface area contributed by atoms with Gasteiger partial charge in [-0.05, 0) is 12.8 Å². The van der Waals surface area contributed by atoms with Gasteiger partial charge in [0.1, 0.15) is 12.6 Å². The van der Waals surface area contributed by atoms with Crippen LogP contribution in [0.4, 0.5) is 0 Å². The summed E-state index contributed by atoms with van der Waals surface area (Å²) in [5.41, 5.74) is 0. The van der Waals surface area contributed by atoms with Gasteiger partial charge in [0.05, 0.1) is 0 Å². The molecule has 1 aliphatic heterocycles. The molecule has 0 aromatic heterocycles. The lowest BCUT2D eigenvalue weighted by Gasteiger charge is -2.20. The molecule has 0 aromatic rings. The van der Waals surface area contributed by atoms with Gasteiger partial charge in [-0.2, -0.15) is 0 Å². The standard InChI is InChI=1S/C8H13NO4/c1-13-5-7(10)9-4-2-3-6(9)8(11)12/h6H,2-5H2,1H3,(H,11,12)/t6-/m1/s1. The van der Waals surface area contributed by atoms with E-state index in [4.69, 9.17) is 5.11 Å². The Morgan fingerprint density at radius 3 is 2.85 bits per heavy atom. The van der Waals surface area contributed by atoms with Crippen LogP contribution in [0, 0.1) is 0 Å². The van der Waals surface area contributed by atoms with Gasteiger partial charge in [0.25, 0.3) is 0 Å². The minimum absolute atomic E-state index is 0.0379. The van der Waals surface area contributed by atoms with Gasteiger partial charge in [0.15, 0.2) is 0 Å². The summed E-state index contributed by atoms with van der Waals surface area (Å²) >= 11 is 0. The Morgan fingerprint density at radius 1 is 1.62 bits per heavy atom. The summed E-state index contributed by atoms with van der Waals surface area (Å²) in [4.78, 5) is 23.4. The number of aliphatic carboxylic acids is 1. The second-order valence-corrected chi connectivity index (χ2v) is 3.02. The summed E-state index contributed by atoms with van der Waals surface area (Å²) < 4.78 is 4.66. The van der Waals surface area contributed by atoms with Gasteiger partial charge in [-0.25, -0.2) is 4.79 Å². The van der Waals surface area contributed by atoms with Crippen LogP contribution in [-0.2, 0) is 14.3 Å². The summed E-state index contributed by atoms with van der Waals surface area (Å²) in [7, 11) is 1.42. The first-order valence-electron chi connectivity index (χ1n) is 4.18. The van der Waals surface area contributed by atoms with Crippen LogP contribution in [0.1, 0.15) is 12.8 Å². The van der Waals surface area contributed by atoms with E-state index in [0.29, 0.717) is 13.0 Å². The van der Waals surface area contributed by atoms with Crippen LogP contribution < -0.4 is 0 Å². The number of amides is 1. The van der Waals surface area contributed by atoms with Crippen LogP contribution >= 0.6 is 0 Å². The molecule has 13 heavy (non-hydrogen) atoms. The molecule has 1 saturated heterocycles. The number of nitrogens with zero attached hydrogens (tertiary/aromatic N) is 1. The molecular weight excluding hydrogens is 174 g/mol. The van der Waals surface area contributed by atoms with E-state index in [1.54, 1.807) is 0 Å². The molecule has 5 nitrogen and oxygen atoms in total. The summed E-state index contributed by atoms with van der Waals surface area (Å²) in [6.07, 6.45) is 1.30. The van der Waals surface area contributed by atoms with Crippen molar-refractivity contribution in [1.29, 1.82) is 0 Å². The maximum Gasteiger partial charge on any atom is 0.326 e. The van der Waals surface area contributed by atoms with Gasteiger partial charge >= 0.3 is 5.97 Å². The van der Waals surface area contributed by atoms with Crippen LogP contribution in [0.2, 0.25) is 0 Å². The third kappa shape index (κ3) is 2.18. The summed E-state index contributed by atoms with van der Waals surface area (Å²) in [5, 5.41) is 8.77. The van der Waals surface area contributed by atoms with E-state index in [2.05, 4.69) is 4.74 Å². The Kier molecular flexibility index (Phi) is 3.25. The Bertz CT molecular complexity index is 216. The second-order valence-electron chi connectivity index (χ2n) is 3.02. The Morgan fingerprint density at radius 2 is 2.31 bits per heavy atom. The molecule has 1 N–H and O–H groups in total. The third-order valence-corrected chi connectivity index (χ3v) is 2.13. The Balaban J connectivity index is 2.57. The predicted molar refractivity (Wildman–Crippen MR) is 44.2 cm³/mol. The van der Waals surface area contributed by atoms with E-state index in [-0.39, 0.29) is 12.5 Å². The molecule has 1 amide bonds. The van der Waals surface area contributed by atoms with Crippen molar-refractivity contribution in [3.63, 3.8) is 0 Å². The molecule has 0 saturated carbocycles. The molecule has 0 bridgehead atoms. The van der Waals surface area contributed by atoms with E-state index in [1.165, 1.54) is 12.0 Å². The van der Waals surface area contributed by atoms with E-state index in [0.717, 1.165) is 6.42 Å². The van der Waals surface area contributed by atoms with Crippen LogP contribution in [0.25, 0.3) is 0 Å². The van der Waals surface area contributed by atoms with Crippen molar-refractivity contribution in [2.24, 2.45) is 0 Å². The Labute approximate surface area is 76.3 Å². The fourth-order valence-corrected chi connectivity index (χ4v) is 1.53. The van der Waals surface area contributed by atoms with Gasteiger partial charge in [0.2, 0.25) is 5.91 Å². The summed E-state index contributed by atoms with van der Waals surface area (Å²) in [6, 6.07) is -0.650. The number of hydrogen-bond acceptors (Lipinski definition) is 3. The first kappa shape index (κ1) is 9.98. The summed E-state index contributed by atoms with van der Waals surface area (Å²) in [5.74, 6) is -1.17. The predicted octanol–water partition coefficient (Wildman–Crippen LogP) is -0.292. The lowest BCUT2D eigenvalue weighted by molar-refractivity contribution is -0.149. The van der Waals surface area contributed by atoms with Gasteiger partial charge in [-0.3, -0.25) is 4.79 Å². The number of methoxy groups -OCH3 is 1. The molecule has 1 rings (SSSR count). The minimum Gasteiger partial charge on any atom is -0.480 e. The number of carboxylic acids is 1. The van der Waals surface area contributed by atoms with Gasteiger partial charge in [0, 0.05) is 13.7 Å². The maximum atomic E-state index is 11.3. The normalized spacial score (nSPS) is 21.9. The van der Waals surface area contributed by atoms with Crippen molar-refractivity contribution in [2.75, 3.05) is 20.3 Å². The highest BCUT2D eigenvalue weighted by molar-refractivity contribution is 5.84. The van der Waals surface area contributed by atoms with Crippen molar-refractivity contribution >= 4 is 11.9 Å². The molecule has 0 radical (unpaired) electrons. The van der Waals surface area contributed by atoms with Crippen molar-refractivity contribution in [1.82, 2.24) is 4.90 Å².